The first-order valence-electron chi connectivity index (χ1n) is 6.77. The Labute approximate surface area is 135 Å². The zero-order valence-electron chi connectivity index (χ0n) is 12.4. The van der Waals surface area contributed by atoms with Gasteiger partial charge in [0.25, 0.3) is 0 Å². The van der Waals surface area contributed by atoms with Gasteiger partial charge >= 0.3 is 12.1 Å². The van der Waals surface area contributed by atoms with Crippen LogP contribution in [0.2, 0.25) is 0 Å². The second kappa shape index (κ2) is 6.24. The highest BCUT2D eigenvalue weighted by Crippen LogP contribution is 2.24. The van der Waals surface area contributed by atoms with Gasteiger partial charge in [-0.1, -0.05) is 0 Å². The summed E-state index contributed by atoms with van der Waals surface area (Å²) in [7, 11) is 1.25. The summed E-state index contributed by atoms with van der Waals surface area (Å²) in [5.74, 6) is 0.0744. The predicted octanol–water partition coefficient (Wildman–Crippen LogP) is 2.63. The number of nitrogens with one attached hydrogen (secondary N) is 2. The van der Waals surface area contributed by atoms with Gasteiger partial charge in [-0.25, -0.2) is 19.6 Å². The Morgan fingerprint density at radius 1 is 1.21 bits per heavy atom. The maximum absolute atomic E-state index is 11.2. The van der Waals surface area contributed by atoms with Crippen molar-refractivity contribution in [1.29, 1.82) is 0 Å². The van der Waals surface area contributed by atoms with Crippen molar-refractivity contribution in [2.75, 3.05) is 12.4 Å². The Morgan fingerprint density at radius 2 is 1.96 bits per heavy atom. The summed E-state index contributed by atoms with van der Waals surface area (Å²) in [5, 5.41) is 11.3. The van der Waals surface area contributed by atoms with Crippen molar-refractivity contribution in [3.05, 3.63) is 42.1 Å². The van der Waals surface area contributed by atoms with Crippen molar-refractivity contribution in [2.24, 2.45) is 0 Å². The molecule has 1 aromatic carbocycles. The molecule has 0 spiro atoms. The SMILES string of the molecule is COC(=O)Nc1nc2cc(Oc3ccc(C(=O)O)cc3)cnc2[nH]1. The van der Waals surface area contributed by atoms with Gasteiger partial charge in [0, 0.05) is 6.07 Å². The van der Waals surface area contributed by atoms with E-state index >= 15 is 0 Å². The molecule has 122 valence electrons. The van der Waals surface area contributed by atoms with Gasteiger partial charge in [-0.15, -0.1) is 0 Å². The molecule has 2 aromatic heterocycles. The van der Waals surface area contributed by atoms with Crippen LogP contribution >= 0.6 is 0 Å². The number of carboxylic acid groups (broad SMARTS) is 1. The number of carboxylic acids is 1. The van der Waals surface area contributed by atoms with Crippen molar-refractivity contribution < 1.29 is 24.2 Å². The van der Waals surface area contributed by atoms with Crippen LogP contribution in [0.5, 0.6) is 11.5 Å². The second-order valence-electron chi connectivity index (χ2n) is 4.67. The number of carbonyl (C=O) groups excluding carboxylic acids is 1. The fourth-order valence-electron chi connectivity index (χ4n) is 1.94. The number of aromatic carboxylic acids is 1. The van der Waals surface area contributed by atoms with E-state index in [1.54, 1.807) is 18.2 Å². The summed E-state index contributed by atoms with van der Waals surface area (Å²) >= 11 is 0. The first kappa shape index (κ1) is 15.3. The van der Waals surface area contributed by atoms with Crippen LogP contribution in [0.15, 0.2) is 36.5 Å². The number of fused-ring (bicyclic) bond motifs is 1. The predicted molar refractivity (Wildman–Crippen MR) is 83.4 cm³/mol. The number of benzene rings is 1. The average molecular weight is 328 g/mol. The Morgan fingerprint density at radius 3 is 2.62 bits per heavy atom. The number of amides is 1. The van der Waals surface area contributed by atoms with E-state index in [1.165, 1.54) is 25.4 Å². The lowest BCUT2D eigenvalue weighted by atomic mass is 10.2. The molecule has 0 fully saturated rings. The molecule has 3 N–H and O–H groups in total. The molecule has 24 heavy (non-hydrogen) atoms. The van der Waals surface area contributed by atoms with Crippen LogP contribution < -0.4 is 10.1 Å². The van der Waals surface area contributed by atoms with Crippen LogP contribution in [0.4, 0.5) is 10.7 Å². The maximum Gasteiger partial charge on any atom is 0.413 e. The number of methoxy groups -OCH3 is 1. The van der Waals surface area contributed by atoms with Gasteiger partial charge in [0.1, 0.15) is 17.0 Å². The number of hydrogen-bond donors (Lipinski definition) is 3. The van der Waals surface area contributed by atoms with Gasteiger partial charge in [-0.05, 0) is 24.3 Å². The lowest BCUT2D eigenvalue weighted by Gasteiger charge is -2.05. The van der Waals surface area contributed by atoms with E-state index in [-0.39, 0.29) is 11.5 Å². The van der Waals surface area contributed by atoms with Crippen LogP contribution in [0.3, 0.4) is 0 Å². The summed E-state index contributed by atoms with van der Waals surface area (Å²) in [6, 6.07) is 7.60. The van der Waals surface area contributed by atoms with Crippen LogP contribution in [0, 0.1) is 0 Å². The molecule has 0 radical (unpaired) electrons. The molecular weight excluding hydrogens is 316 g/mol. The van der Waals surface area contributed by atoms with E-state index in [0.29, 0.717) is 22.7 Å². The van der Waals surface area contributed by atoms with E-state index in [1.807, 2.05) is 0 Å². The molecule has 9 heteroatoms. The zero-order valence-corrected chi connectivity index (χ0v) is 12.4. The Kier molecular flexibility index (Phi) is 3.98. The first-order chi connectivity index (χ1) is 11.5. The molecule has 1 amide bonds. The molecule has 0 aliphatic rings. The van der Waals surface area contributed by atoms with Gasteiger partial charge in [-0.3, -0.25) is 5.32 Å². The summed E-state index contributed by atoms with van der Waals surface area (Å²) < 4.78 is 10.1. The van der Waals surface area contributed by atoms with E-state index in [2.05, 4.69) is 25.0 Å². The third-order valence-electron chi connectivity index (χ3n) is 3.05. The van der Waals surface area contributed by atoms with E-state index < -0.39 is 12.1 Å². The highest BCUT2D eigenvalue weighted by molar-refractivity contribution is 5.87. The molecule has 9 nitrogen and oxygen atoms in total. The minimum absolute atomic E-state index is 0.168. The topological polar surface area (TPSA) is 126 Å². The normalized spacial score (nSPS) is 10.4. The molecule has 3 rings (SSSR count). The van der Waals surface area contributed by atoms with Crippen molar-refractivity contribution in [3.63, 3.8) is 0 Å². The number of nitrogens with zero attached hydrogens (tertiary/aromatic N) is 2. The molecule has 0 saturated heterocycles. The fourth-order valence-corrected chi connectivity index (χ4v) is 1.94. The average Bonchev–Trinajstić information content (AvgIpc) is 2.96. The summed E-state index contributed by atoms with van der Waals surface area (Å²) in [4.78, 5) is 33.1. The molecule has 0 unspecified atom stereocenters. The van der Waals surface area contributed by atoms with Gasteiger partial charge in [-0.2, -0.15) is 0 Å². The van der Waals surface area contributed by atoms with Gasteiger partial charge in [0.05, 0.1) is 18.9 Å². The van der Waals surface area contributed by atoms with Crippen molar-refractivity contribution in [2.45, 2.75) is 0 Å². The first-order valence-corrected chi connectivity index (χ1v) is 6.77. The minimum Gasteiger partial charge on any atom is -0.478 e. The molecule has 0 atom stereocenters. The maximum atomic E-state index is 11.2. The number of carbonyl (C=O) groups is 2. The molecule has 0 saturated carbocycles. The third kappa shape index (κ3) is 3.24. The minimum atomic E-state index is -1.01. The van der Waals surface area contributed by atoms with Gasteiger partial charge < -0.3 is 19.6 Å². The Balaban J connectivity index is 1.79. The number of ether oxygens (including phenoxy) is 2. The number of imidazole rings is 1. The number of aromatic nitrogens is 3. The number of aromatic amines is 1. The molecule has 0 aliphatic heterocycles. The molecule has 3 aromatic rings. The van der Waals surface area contributed by atoms with E-state index in [4.69, 9.17) is 9.84 Å². The quantitative estimate of drug-likeness (QED) is 0.672. The second-order valence-corrected chi connectivity index (χ2v) is 4.67. The monoisotopic (exact) mass is 328 g/mol. The van der Waals surface area contributed by atoms with Gasteiger partial charge in [0.15, 0.2) is 5.65 Å². The number of rotatable bonds is 4. The van der Waals surface area contributed by atoms with Crippen LogP contribution in [-0.4, -0.2) is 39.2 Å². The van der Waals surface area contributed by atoms with Crippen LogP contribution in [-0.2, 0) is 4.74 Å². The highest BCUT2D eigenvalue weighted by atomic mass is 16.5. The molecule has 0 bridgehead atoms. The number of pyridine rings is 1. The lowest BCUT2D eigenvalue weighted by molar-refractivity contribution is 0.0697. The van der Waals surface area contributed by atoms with Crippen molar-refractivity contribution in [1.82, 2.24) is 15.0 Å². The van der Waals surface area contributed by atoms with Gasteiger partial charge in [0.2, 0.25) is 5.95 Å². The van der Waals surface area contributed by atoms with Crippen molar-refractivity contribution in [3.8, 4) is 11.5 Å². The van der Waals surface area contributed by atoms with E-state index in [0.717, 1.165) is 0 Å². The van der Waals surface area contributed by atoms with E-state index in [9.17, 15) is 9.59 Å². The summed E-state index contributed by atoms with van der Waals surface area (Å²) in [6.07, 6.45) is 0.831. The Hall–Kier alpha value is -3.62. The lowest BCUT2D eigenvalue weighted by Crippen LogP contribution is -2.11. The highest BCUT2D eigenvalue weighted by Gasteiger charge is 2.09. The number of anilines is 1. The Bertz CT molecular complexity index is 904. The zero-order chi connectivity index (χ0) is 17.1. The third-order valence-corrected chi connectivity index (χ3v) is 3.05. The molecular formula is C15H12N4O5. The number of hydrogen-bond acceptors (Lipinski definition) is 6. The summed E-state index contributed by atoms with van der Waals surface area (Å²) in [6.45, 7) is 0. The molecule has 2 heterocycles. The van der Waals surface area contributed by atoms with Crippen LogP contribution in [0.1, 0.15) is 10.4 Å². The van der Waals surface area contributed by atoms with Crippen LogP contribution in [0.25, 0.3) is 11.2 Å². The smallest absolute Gasteiger partial charge is 0.413 e. The standard InChI is InChI=1S/C15H12N4O5/c1-23-15(22)19-14-17-11-6-10(7-16-12(11)18-14)24-9-4-2-8(3-5-9)13(20)21/h2-7H,1H3,(H,20,21)(H2,16,17,18,19,22). The largest absolute Gasteiger partial charge is 0.478 e. The molecule has 0 aliphatic carbocycles. The van der Waals surface area contributed by atoms with Crippen molar-refractivity contribution >= 4 is 29.2 Å². The number of H-pyrrole nitrogens is 1. The summed E-state index contributed by atoms with van der Waals surface area (Å²) in [5.41, 5.74) is 1.12. The fraction of sp³-hybridized carbons (Fsp3) is 0.0667.